The Kier molecular flexibility index (Phi) is 8.85. The molecule has 3 aromatic rings. The molecule has 5 nitrogen and oxygen atoms in total. The summed E-state index contributed by atoms with van der Waals surface area (Å²) in [5, 5.41) is 9.13. The summed E-state index contributed by atoms with van der Waals surface area (Å²) in [6.45, 7) is 4.02. The number of para-hydroxylation sites is 1. The van der Waals surface area contributed by atoms with Crippen LogP contribution >= 0.6 is 12.4 Å². The van der Waals surface area contributed by atoms with E-state index in [1.807, 2.05) is 61.5 Å². The molecule has 1 aliphatic rings. The number of halogens is 1. The second-order valence-electron chi connectivity index (χ2n) is 8.55. The number of carboxylic acid groups (broad SMARTS) is 1. The number of aromatic carboxylic acids is 1. The van der Waals surface area contributed by atoms with Crippen molar-refractivity contribution >= 4 is 24.2 Å². The molecule has 1 heterocycles. The highest BCUT2D eigenvalue weighted by Crippen LogP contribution is 2.33. The van der Waals surface area contributed by atoms with E-state index in [4.69, 9.17) is 9.84 Å². The first kappa shape index (κ1) is 25.5. The maximum absolute atomic E-state index is 13.6. The van der Waals surface area contributed by atoms with Crippen molar-refractivity contribution in [1.29, 1.82) is 0 Å². The molecular weight excluding hydrogens is 450 g/mol. The molecule has 0 unspecified atom stereocenters. The predicted octanol–water partition coefficient (Wildman–Crippen LogP) is 5.55. The van der Waals surface area contributed by atoms with E-state index in [-0.39, 0.29) is 35.7 Å². The molecule has 0 saturated heterocycles. The molecule has 0 amide bonds. The van der Waals surface area contributed by atoms with Gasteiger partial charge in [0.15, 0.2) is 5.78 Å². The lowest BCUT2D eigenvalue weighted by atomic mass is 9.85. The number of carboxylic acids is 1. The lowest BCUT2D eigenvalue weighted by molar-refractivity contribution is -0.125. The maximum atomic E-state index is 13.6. The smallest absolute Gasteiger partial charge is 0.335 e. The summed E-state index contributed by atoms with van der Waals surface area (Å²) in [7, 11) is 0. The van der Waals surface area contributed by atoms with Crippen LogP contribution in [0.3, 0.4) is 0 Å². The van der Waals surface area contributed by atoms with Crippen LogP contribution in [-0.4, -0.2) is 41.5 Å². The SMILES string of the molecule is C[C@H](CC(=O)[C@H]1c2ccccc2CCN1CCOc1ccccc1)c1ccc(C(=O)O)cc1.Cl. The summed E-state index contributed by atoms with van der Waals surface area (Å²) in [5.41, 5.74) is 3.54. The van der Waals surface area contributed by atoms with Gasteiger partial charge in [0.05, 0.1) is 11.6 Å². The van der Waals surface area contributed by atoms with Gasteiger partial charge in [-0.2, -0.15) is 0 Å². The van der Waals surface area contributed by atoms with E-state index in [0.717, 1.165) is 29.8 Å². The quantitative estimate of drug-likeness (QED) is 0.436. The lowest BCUT2D eigenvalue weighted by Crippen LogP contribution is -2.42. The van der Waals surface area contributed by atoms with Crippen LogP contribution in [0.2, 0.25) is 0 Å². The zero-order chi connectivity index (χ0) is 23.2. The molecule has 0 aliphatic carbocycles. The van der Waals surface area contributed by atoms with Gasteiger partial charge in [0, 0.05) is 19.5 Å². The first-order chi connectivity index (χ1) is 16.0. The van der Waals surface area contributed by atoms with Crippen LogP contribution in [0, 0.1) is 0 Å². The Labute approximate surface area is 206 Å². The zero-order valence-corrected chi connectivity index (χ0v) is 20.0. The van der Waals surface area contributed by atoms with Gasteiger partial charge in [0.25, 0.3) is 0 Å². The third-order valence-corrected chi connectivity index (χ3v) is 6.31. The Bertz CT molecular complexity index is 1100. The van der Waals surface area contributed by atoms with Gasteiger partial charge in [-0.25, -0.2) is 4.79 Å². The van der Waals surface area contributed by atoms with Crippen molar-refractivity contribution in [3.05, 3.63) is 101 Å². The molecule has 1 N–H and O–H groups in total. The van der Waals surface area contributed by atoms with Gasteiger partial charge >= 0.3 is 5.97 Å². The summed E-state index contributed by atoms with van der Waals surface area (Å²) in [5.74, 6) is 0.0576. The van der Waals surface area contributed by atoms with Crippen LogP contribution in [0.4, 0.5) is 0 Å². The summed E-state index contributed by atoms with van der Waals surface area (Å²) >= 11 is 0. The first-order valence-electron chi connectivity index (χ1n) is 11.4. The van der Waals surface area contributed by atoms with Crippen molar-refractivity contribution in [2.24, 2.45) is 0 Å². The number of nitrogens with zero attached hydrogens (tertiary/aromatic N) is 1. The van der Waals surface area contributed by atoms with Crippen LogP contribution < -0.4 is 4.74 Å². The fourth-order valence-electron chi connectivity index (χ4n) is 4.52. The first-order valence-corrected chi connectivity index (χ1v) is 11.4. The van der Waals surface area contributed by atoms with Gasteiger partial charge in [-0.3, -0.25) is 9.69 Å². The molecule has 4 rings (SSSR count). The Balaban J connectivity index is 0.00000324. The summed E-state index contributed by atoms with van der Waals surface area (Å²) in [4.78, 5) is 26.9. The summed E-state index contributed by atoms with van der Waals surface area (Å²) in [6, 6.07) is 24.4. The monoisotopic (exact) mass is 479 g/mol. The topological polar surface area (TPSA) is 66.8 Å². The number of benzene rings is 3. The highest BCUT2D eigenvalue weighted by molar-refractivity contribution is 5.88. The van der Waals surface area contributed by atoms with E-state index in [1.165, 1.54) is 5.56 Å². The Hall–Kier alpha value is -3.15. The average molecular weight is 480 g/mol. The Morgan fingerprint density at radius 1 is 1.00 bits per heavy atom. The minimum atomic E-state index is -0.947. The van der Waals surface area contributed by atoms with Gasteiger partial charge in [-0.1, -0.05) is 61.5 Å². The highest BCUT2D eigenvalue weighted by Gasteiger charge is 2.33. The van der Waals surface area contributed by atoms with Gasteiger partial charge < -0.3 is 9.84 Å². The van der Waals surface area contributed by atoms with Crippen LogP contribution in [0.15, 0.2) is 78.9 Å². The number of carbonyl (C=O) groups is 2. The van der Waals surface area contributed by atoms with E-state index in [0.29, 0.717) is 19.6 Å². The molecule has 3 aromatic carbocycles. The van der Waals surface area contributed by atoms with Gasteiger partial charge in [-0.15, -0.1) is 12.4 Å². The molecule has 6 heteroatoms. The molecule has 0 spiro atoms. The van der Waals surface area contributed by atoms with E-state index < -0.39 is 5.97 Å². The molecule has 2 atom stereocenters. The molecular formula is C28H30ClNO4. The third kappa shape index (κ3) is 6.04. The van der Waals surface area contributed by atoms with Gasteiger partial charge in [-0.05, 0) is 53.3 Å². The molecule has 0 fully saturated rings. The average Bonchev–Trinajstić information content (AvgIpc) is 2.84. The highest BCUT2D eigenvalue weighted by atomic mass is 35.5. The second kappa shape index (κ2) is 11.8. The lowest BCUT2D eigenvalue weighted by Gasteiger charge is -2.36. The van der Waals surface area contributed by atoms with Crippen molar-refractivity contribution in [2.75, 3.05) is 19.7 Å². The van der Waals surface area contributed by atoms with Crippen molar-refractivity contribution in [3.63, 3.8) is 0 Å². The number of carbonyl (C=O) groups excluding carboxylic acids is 1. The molecule has 34 heavy (non-hydrogen) atoms. The fourth-order valence-corrected chi connectivity index (χ4v) is 4.52. The number of hydrogen-bond donors (Lipinski definition) is 1. The predicted molar refractivity (Wildman–Crippen MR) is 135 cm³/mol. The Morgan fingerprint density at radius 3 is 2.38 bits per heavy atom. The minimum Gasteiger partial charge on any atom is -0.492 e. The molecule has 0 bridgehead atoms. The van der Waals surface area contributed by atoms with Crippen molar-refractivity contribution in [2.45, 2.75) is 31.7 Å². The van der Waals surface area contributed by atoms with E-state index in [1.54, 1.807) is 12.1 Å². The normalized spacial score (nSPS) is 16.1. The molecule has 0 radical (unpaired) electrons. The minimum absolute atomic E-state index is 0. The van der Waals surface area contributed by atoms with Gasteiger partial charge in [0.2, 0.25) is 0 Å². The third-order valence-electron chi connectivity index (χ3n) is 6.31. The van der Waals surface area contributed by atoms with Crippen molar-refractivity contribution < 1.29 is 19.4 Å². The van der Waals surface area contributed by atoms with E-state index in [9.17, 15) is 9.59 Å². The zero-order valence-electron chi connectivity index (χ0n) is 19.2. The molecule has 1 aliphatic heterocycles. The summed E-state index contributed by atoms with van der Waals surface area (Å²) in [6.07, 6.45) is 1.30. The van der Waals surface area contributed by atoms with Crippen LogP contribution in [0.25, 0.3) is 0 Å². The van der Waals surface area contributed by atoms with E-state index in [2.05, 4.69) is 17.0 Å². The molecule has 178 valence electrons. The van der Waals surface area contributed by atoms with Crippen LogP contribution in [-0.2, 0) is 11.2 Å². The number of rotatable bonds is 9. The van der Waals surface area contributed by atoms with Crippen molar-refractivity contribution in [3.8, 4) is 5.75 Å². The van der Waals surface area contributed by atoms with Crippen molar-refractivity contribution in [1.82, 2.24) is 4.90 Å². The second-order valence-corrected chi connectivity index (χ2v) is 8.55. The largest absolute Gasteiger partial charge is 0.492 e. The number of hydrogen-bond acceptors (Lipinski definition) is 4. The van der Waals surface area contributed by atoms with E-state index >= 15 is 0 Å². The summed E-state index contributed by atoms with van der Waals surface area (Å²) < 4.78 is 5.90. The standard InChI is InChI=1S/C28H29NO4.ClH/c1-20(21-11-13-23(14-12-21)28(31)32)19-26(30)27-25-10-6-5-7-22(25)15-16-29(27)17-18-33-24-8-3-2-4-9-24;/h2-14,20,27H,15-19H2,1H3,(H,31,32);1H/t20-,27-;/m1./s1. The van der Waals surface area contributed by atoms with Crippen LogP contribution in [0.1, 0.15) is 52.4 Å². The number of ether oxygens (including phenoxy) is 1. The number of fused-ring (bicyclic) bond motifs is 1. The molecule has 0 aromatic heterocycles. The Morgan fingerprint density at radius 2 is 1.68 bits per heavy atom. The fraction of sp³-hybridized carbons (Fsp3) is 0.286. The van der Waals surface area contributed by atoms with Crippen LogP contribution in [0.5, 0.6) is 5.75 Å². The number of Topliss-reactive ketones (excluding diaryl/α,β-unsaturated/α-hetero) is 1. The molecule has 0 saturated carbocycles. The van der Waals surface area contributed by atoms with Gasteiger partial charge in [0.1, 0.15) is 12.4 Å². The maximum Gasteiger partial charge on any atom is 0.335 e. The number of ketones is 1.